The van der Waals surface area contributed by atoms with E-state index in [0.717, 1.165) is 5.56 Å². The molecule has 0 aliphatic carbocycles. The number of hydrazine groups is 1. The van der Waals surface area contributed by atoms with Crippen molar-refractivity contribution in [3.05, 3.63) is 35.9 Å². The minimum atomic E-state index is -0.964. The number of Topliss-reactive ketones (excluding diaryl/α,β-unsaturated/α-hetero) is 1. The van der Waals surface area contributed by atoms with E-state index in [1.165, 1.54) is 0 Å². The van der Waals surface area contributed by atoms with Crippen LogP contribution >= 0.6 is 0 Å². The second-order valence-corrected chi connectivity index (χ2v) is 13.9. The Hall–Kier alpha value is -2.51. The zero-order chi connectivity index (χ0) is 30.9. The third-order valence-corrected chi connectivity index (χ3v) is 8.63. The zero-order valence-corrected chi connectivity index (χ0v) is 26.3. The highest BCUT2D eigenvalue weighted by Crippen LogP contribution is 2.29. The molecule has 1 aromatic rings. The summed E-state index contributed by atoms with van der Waals surface area (Å²) in [6.07, 6.45) is 1.04. The molecular formula is C30H47N5O6S. The van der Waals surface area contributed by atoms with Gasteiger partial charge in [0.05, 0.1) is 32.3 Å². The van der Waals surface area contributed by atoms with E-state index in [9.17, 15) is 23.7 Å². The Labute approximate surface area is 252 Å². The predicted molar refractivity (Wildman–Crippen MR) is 162 cm³/mol. The smallest absolute Gasteiger partial charge is 0.243 e. The van der Waals surface area contributed by atoms with Gasteiger partial charge in [0.1, 0.15) is 29.2 Å². The Morgan fingerprint density at radius 3 is 2.02 bits per heavy atom. The molecule has 0 bridgehead atoms. The first-order chi connectivity index (χ1) is 19.9. The van der Waals surface area contributed by atoms with E-state index in [1.807, 2.05) is 63.0 Å². The molecule has 0 unspecified atom stereocenters. The van der Waals surface area contributed by atoms with Gasteiger partial charge in [0.25, 0.3) is 0 Å². The van der Waals surface area contributed by atoms with E-state index >= 15 is 0 Å². The van der Waals surface area contributed by atoms with Gasteiger partial charge < -0.3 is 25.2 Å². The molecule has 12 heteroatoms. The average molecular weight is 606 g/mol. The molecule has 4 N–H and O–H groups in total. The Kier molecular flexibility index (Phi) is 12.8. The topological polar surface area (TPSA) is 155 Å². The van der Waals surface area contributed by atoms with Crippen LogP contribution in [0.5, 0.6) is 0 Å². The Balaban J connectivity index is 1.70. The lowest BCUT2D eigenvalue weighted by Gasteiger charge is -2.29. The lowest BCUT2D eigenvalue weighted by molar-refractivity contribution is -0.134. The van der Waals surface area contributed by atoms with Crippen molar-refractivity contribution in [3.63, 3.8) is 0 Å². The molecule has 42 heavy (non-hydrogen) atoms. The number of rotatable bonds is 16. The highest BCUT2D eigenvalue weighted by atomic mass is 32.2. The molecule has 2 aliphatic rings. The molecule has 2 aliphatic heterocycles. The van der Waals surface area contributed by atoms with Crippen molar-refractivity contribution in [1.29, 1.82) is 0 Å². The lowest BCUT2D eigenvalue weighted by atomic mass is 9.93. The van der Waals surface area contributed by atoms with Crippen LogP contribution in [0.15, 0.2) is 30.3 Å². The van der Waals surface area contributed by atoms with E-state index in [1.54, 1.807) is 6.92 Å². The summed E-state index contributed by atoms with van der Waals surface area (Å²) in [6.45, 7) is 11.0. The van der Waals surface area contributed by atoms with Crippen LogP contribution in [-0.2, 0) is 41.5 Å². The fourth-order valence-electron chi connectivity index (χ4n) is 4.85. The number of carbonyl (C=O) groups excluding carboxylic acids is 4. The zero-order valence-electron chi connectivity index (χ0n) is 25.4. The van der Waals surface area contributed by atoms with Crippen molar-refractivity contribution < 1.29 is 28.5 Å². The maximum Gasteiger partial charge on any atom is 0.243 e. The molecule has 0 spiro atoms. The Morgan fingerprint density at radius 1 is 0.905 bits per heavy atom. The van der Waals surface area contributed by atoms with Gasteiger partial charge in [-0.2, -0.15) is 0 Å². The molecule has 0 saturated carbocycles. The van der Waals surface area contributed by atoms with Crippen LogP contribution in [0.4, 0.5) is 0 Å². The first-order valence-corrected chi connectivity index (χ1v) is 16.3. The molecular weight excluding hydrogens is 558 g/mol. The van der Waals surface area contributed by atoms with Gasteiger partial charge in [-0.1, -0.05) is 69.2 Å². The van der Waals surface area contributed by atoms with Gasteiger partial charge in [-0.3, -0.25) is 19.2 Å². The number of nitrogens with zero attached hydrogens (tertiary/aromatic N) is 1. The standard InChI is InChI=1S/C30H47N5O6S/c1-20(2)15-23(27(37)30(5)19-41-30)33-29(39)25(17-22-9-7-6-8-10-22)34-28(38)24(16-21(3)4)32-26(36)18-31-35-11-13-42(40)14-12-35/h6-10,20-21,23-25,31H,11-19H2,1-5H3,(H,32,36)(H,33,39)(H,34,38)/t23-,24-,25-,30+/m0/s1. The summed E-state index contributed by atoms with van der Waals surface area (Å²) in [4.78, 5) is 53.2. The van der Waals surface area contributed by atoms with E-state index in [2.05, 4.69) is 21.4 Å². The molecule has 234 valence electrons. The Morgan fingerprint density at radius 2 is 1.45 bits per heavy atom. The number of amides is 3. The van der Waals surface area contributed by atoms with Crippen LogP contribution < -0.4 is 21.4 Å². The fourth-order valence-corrected chi connectivity index (χ4v) is 5.91. The number of nitrogens with one attached hydrogen (secondary N) is 4. The molecule has 0 radical (unpaired) electrons. The van der Waals surface area contributed by atoms with Crippen LogP contribution in [0, 0.1) is 11.8 Å². The second-order valence-electron chi connectivity index (χ2n) is 12.2. The molecule has 1 aromatic carbocycles. The van der Waals surface area contributed by atoms with Crippen molar-refractivity contribution in [1.82, 2.24) is 26.4 Å². The summed E-state index contributed by atoms with van der Waals surface area (Å²) >= 11 is -0.826. The summed E-state index contributed by atoms with van der Waals surface area (Å²) < 4.78 is 16.9. The highest BCUT2D eigenvalue weighted by molar-refractivity contribution is 7.91. The molecule has 2 saturated heterocycles. The fraction of sp³-hybridized carbons (Fsp3) is 0.667. The molecule has 0 aromatic heterocycles. The van der Waals surface area contributed by atoms with Crippen molar-refractivity contribution in [2.45, 2.75) is 77.6 Å². The van der Waals surface area contributed by atoms with E-state index < -0.39 is 46.7 Å². The van der Waals surface area contributed by atoms with Crippen molar-refractivity contribution >= 4 is 34.7 Å². The number of ketones is 1. The van der Waals surface area contributed by atoms with Gasteiger partial charge in [-0.25, -0.2) is 10.4 Å². The van der Waals surface area contributed by atoms with Gasteiger partial charge in [0, 0.05) is 6.42 Å². The largest absolute Gasteiger partial charge is 0.616 e. The normalized spacial score (nSPS) is 21.4. The molecule has 4 atom stereocenters. The lowest BCUT2D eigenvalue weighted by Crippen LogP contribution is -2.58. The van der Waals surface area contributed by atoms with Gasteiger partial charge in [0.2, 0.25) is 17.7 Å². The van der Waals surface area contributed by atoms with Crippen LogP contribution in [0.25, 0.3) is 0 Å². The first kappa shape index (κ1) is 34.0. The second kappa shape index (κ2) is 15.8. The van der Waals surface area contributed by atoms with E-state index in [0.29, 0.717) is 44.0 Å². The summed E-state index contributed by atoms with van der Waals surface area (Å²) in [5, 5.41) is 10.4. The maximum absolute atomic E-state index is 13.7. The maximum atomic E-state index is 13.7. The number of hydrogen-bond donors (Lipinski definition) is 4. The SMILES string of the molecule is CC(C)C[C@H](NC(=O)CNN1CC[S+]([O-])CC1)C(=O)N[C@@H](Cc1ccccc1)C(=O)N[C@@H](CC(C)C)C(=O)[C@@]1(C)CO1. The third kappa shape index (κ3) is 11.0. The third-order valence-electron chi connectivity index (χ3n) is 7.35. The molecule has 3 amide bonds. The van der Waals surface area contributed by atoms with Gasteiger partial charge >= 0.3 is 0 Å². The van der Waals surface area contributed by atoms with Gasteiger partial charge in [-0.05, 0) is 37.2 Å². The van der Waals surface area contributed by atoms with Crippen LogP contribution in [0.3, 0.4) is 0 Å². The number of carbonyl (C=O) groups is 4. The van der Waals surface area contributed by atoms with Crippen molar-refractivity contribution in [2.24, 2.45) is 11.8 Å². The average Bonchev–Trinajstić information content (AvgIpc) is 3.69. The summed E-state index contributed by atoms with van der Waals surface area (Å²) in [5.74, 6) is -0.116. The molecule has 2 fully saturated rings. The van der Waals surface area contributed by atoms with Gasteiger partial charge in [-0.15, -0.1) is 0 Å². The van der Waals surface area contributed by atoms with Crippen LogP contribution in [0.1, 0.15) is 53.0 Å². The quantitative estimate of drug-likeness (QED) is 0.159. The summed E-state index contributed by atoms with van der Waals surface area (Å²) in [6, 6.07) is 6.77. The number of ether oxygens (including phenoxy) is 1. The van der Waals surface area contributed by atoms with Gasteiger partial charge in [0.15, 0.2) is 5.78 Å². The monoisotopic (exact) mass is 605 g/mol. The Bertz CT molecular complexity index is 1060. The van der Waals surface area contributed by atoms with E-state index in [-0.39, 0.29) is 36.5 Å². The molecule has 11 nitrogen and oxygen atoms in total. The predicted octanol–water partition coefficient (Wildman–Crippen LogP) is 0.703. The minimum Gasteiger partial charge on any atom is -0.616 e. The van der Waals surface area contributed by atoms with Crippen LogP contribution in [-0.4, -0.2) is 94.5 Å². The minimum absolute atomic E-state index is 0.0255. The van der Waals surface area contributed by atoms with Crippen LogP contribution in [0.2, 0.25) is 0 Å². The number of epoxide rings is 1. The molecule has 3 rings (SSSR count). The van der Waals surface area contributed by atoms with Crippen molar-refractivity contribution in [2.75, 3.05) is 37.7 Å². The number of hydrogen-bond acceptors (Lipinski definition) is 8. The number of benzene rings is 1. The highest BCUT2D eigenvalue weighted by Gasteiger charge is 2.50. The summed E-state index contributed by atoms with van der Waals surface area (Å²) in [5.41, 5.74) is 3.00. The van der Waals surface area contributed by atoms with Crippen molar-refractivity contribution in [3.8, 4) is 0 Å². The molecule has 2 heterocycles. The van der Waals surface area contributed by atoms with E-state index in [4.69, 9.17) is 4.74 Å². The first-order valence-electron chi connectivity index (χ1n) is 14.8. The summed E-state index contributed by atoms with van der Waals surface area (Å²) in [7, 11) is 0.